The van der Waals surface area contributed by atoms with Crippen LogP contribution in [0.15, 0.2) is 0 Å². The molecule has 4 unspecified atom stereocenters. The number of amides is 3. The molecule has 13 heteroatoms. The van der Waals surface area contributed by atoms with Crippen LogP contribution in [0.5, 0.6) is 0 Å². The van der Waals surface area contributed by atoms with Gasteiger partial charge in [0.1, 0.15) is 24.6 Å². The number of quaternary nitrogens is 1. The molecule has 0 aromatic heterocycles. The number of hydrogen-bond acceptors (Lipinski definition) is 6. The smallest absolute Gasteiger partial charge is 0.469 e. The van der Waals surface area contributed by atoms with Crippen LogP contribution in [0.3, 0.4) is 0 Å². The van der Waals surface area contributed by atoms with Crippen LogP contribution in [0.1, 0.15) is 0 Å². The molecular weight excluding hydrogens is 349 g/mol. The number of carbonyl (C=O) groups is 3. The fourth-order valence-electron chi connectivity index (χ4n) is 2.97. The maximum atomic E-state index is 11.9. The molecule has 0 saturated carbocycles. The Morgan fingerprint density at radius 1 is 1.33 bits per heavy atom. The van der Waals surface area contributed by atoms with Crippen molar-refractivity contribution in [1.82, 2.24) is 10.6 Å². The summed E-state index contributed by atoms with van der Waals surface area (Å²) >= 11 is 0. The summed E-state index contributed by atoms with van der Waals surface area (Å²) < 4.78 is 15.1. The second-order valence-corrected chi connectivity index (χ2v) is 7.10. The van der Waals surface area contributed by atoms with E-state index in [0.717, 1.165) is 0 Å². The molecule has 0 spiro atoms. The normalized spacial score (nSPS) is 33.9. The molecule has 0 bridgehead atoms. The molecule has 136 valence electrons. The minimum absolute atomic E-state index is 0.0343. The van der Waals surface area contributed by atoms with Crippen molar-refractivity contribution < 1.29 is 48.4 Å². The first-order valence-corrected chi connectivity index (χ1v) is 8.65. The maximum absolute atomic E-state index is 11.9. The number of carboxylic acids is 1. The van der Waals surface area contributed by atoms with Gasteiger partial charge in [0.25, 0.3) is 0 Å². The van der Waals surface area contributed by atoms with E-state index in [-0.39, 0.29) is 26.2 Å². The Morgan fingerprint density at radius 2 is 2.00 bits per heavy atom. The predicted octanol–water partition coefficient (Wildman–Crippen LogP) is -4.12. The van der Waals surface area contributed by atoms with Crippen molar-refractivity contribution in [3.05, 3.63) is 0 Å². The van der Waals surface area contributed by atoms with Gasteiger partial charge in [0.2, 0.25) is 5.91 Å². The number of rotatable bonds is 6. The monoisotopic (exact) mass is 368 g/mol. The fraction of sp³-hybridized carbons (Fsp3) is 0.727. The van der Waals surface area contributed by atoms with Gasteiger partial charge in [-0.2, -0.15) is 0 Å². The molecule has 0 aromatic rings. The highest BCUT2D eigenvalue weighted by molar-refractivity contribution is 7.46. The van der Waals surface area contributed by atoms with Gasteiger partial charge in [0.05, 0.1) is 25.6 Å². The summed E-state index contributed by atoms with van der Waals surface area (Å²) in [5, 5.41) is 23.2. The van der Waals surface area contributed by atoms with E-state index in [1.807, 2.05) is 5.32 Å². The highest BCUT2D eigenvalue weighted by atomic mass is 31.2. The topological polar surface area (TPSA) is 187 Å². The summed E-state index contributed by atoms with van der Waals surface area (Å²) in [6, 6.07) is -2.26. The highest BCUT2D eigenvalue weighted by Gasteiger charge is 2.45. The minimum Gasteiger partial charge on any atom is -0.480 e. The number of nitrogens with one attached hydrogen (secondary N) is 3. The first-order chi connectivity index (χ1) is 11.1. The number of urea groups is 1. The van der Waals surface area contributed by atoms with Gasteiger partial charge in [0, 0.05) is 0 Å². The van der Waals surface area contributed by atoms with Crippen molar-refractivity contribution in [2.24, 2.45) is 11.8 Å². The molecule has 2 saturated heterocycles. The molecule has 2 aliphatic rings. The highest BCUT2D eigenvalue weighted by Crippen LogP contribution is 2.36. The number of imide groups is 1. The second kappa shape index (κ2) is 7.13. The van der Waals surface area contributed by atoms with Crippen molar-refractivity contribution in [3.8, 4) is 0 Å². The first-order valence-electron chi connectivity index (χ1n) is 7.12. The average Bonchev–Trinajstić information content (AvgIpc) is 2.78. The maximum Gasteiger partial charge on any atom is 0.469 e. The van der Waals surface area contributed by atoms with Gasteiger partial charge in [-0.25, -0.2) is 14.2 Å². The Kier molecular flexibility index (Phi) is 5.58. The largest absolute Gasteiger partial charge is 0.480 e. The molecule has 12 nitrogen and oxygen atoms in total. The molecule has 0 aliphatic carbocycles. The first kappa shape index (κ1) is 18.8. The van der Waals surface area contributed by atoms with Crippen molar-refractivity contribution in [2.75, 3.05) is 26.2 Å². The van der Waals surface area contributed by atoms with E-state index in [4.69, 9.17) is 14.9 Å². The summed E-state index contributed by atoms with van der Waals surface area (Å²) in [7, 11) is -4.65. The number of likely N-dealkylation sites (tertiary alicyclic amines) is 1. The van der Waals surface area contributed by atoms with Crippen LogP contribution in [0.2, 0.25) is 0 Å². The molecule has 2 aliphatic heterocycles. The van der Waals surface area contributed by atoms with E-state index >= 15 is 0 Å². The van der Waals surface area contributed by atoms with Crippen LogP contribution < -0.4 is 15.5 Å². The van der Waals surface area contributed by atoms with E-state index in [0.29, 0.717) is 4.90 Å². The van der Waals surface area contributed by atoms with Crippen molar-refractivity contribution in [1.29, 1.82) is 0 Å². The van der Waals surface area contributed by atoms with Crippen LogP contribution in [0.25, 0.3) is 0 Å². The summed E-state index contributed by atoms with van der Waals surface area (Å²) in [5.74, 6) is -3.65. The zero-order valence-corrected chi connectivity index (χ0v) is 13.3. The molecule has 3 amide bonds. The van der Waals surface area contributed by atoms with Gasteiger partial charge >= 0.3 is 19.8 Å². The van der Waals surface area contributed by atoms with Crippen molar-refractivity contribution in [2.45, 2.75) is 12.1 Å². The standard InChI is InChI=1S/C11H18N3O9P/c15-7-3-14(1-5(7)4-23-24(20,21)22)2-6-8(10(17)18)12-11(19)13-9(6)16/h5-8,15H,1-4H2,(H,17,18)(H2,20,21,22)(H2,12,13,16,19)/p+1/t5-,6?,7?,8?/m1/s1. The SMILES string of the molecule is O=C1NC(=O)C(C[NH+]2CC(O)[C@@H](COP(=O)(O)O)C2)C(C(=O)O)N1. The third-order valence-corrected chi connectivity index (χ3v) is 4.57. The molecule has 7 N–H and O–H groups in total. The van der Waals surface area contributed by atoms with E-state index in [1.165, 1.54) is 0 Å². The molecule has 0 aromatic carbocycles. The third-order valence-electron chi connectivity index (χ3n) is 4.09. The quantitative estimate of drug-likeness (QED) is 0.229. The molecule has 24 heavy (non-hydrogen) atoms. The fourth-order valence-corrected chi connectivity index (χ4v) is 3.36. The number of aliphatic hydroxyl groups excluding tert-OH is 1. The number of phosphoric acid groups is 1. The summed E-state index contributed by atoms with van der Waals surface area (Å²) in [4.78, 5) is 52.4. The summed E-state index contributed by atoms with van der Waals surface area (Å²) in [5.41, 5.74) is 0. The van der Waals surface area contributed by atoms with Crippen molar-refractivity contribution >= 4 is 25.7 Å². The second-order valence-electron chi connectivity index (χ2n) is 5.86. The van der Waals surface area contributed by atoms with Gasteiger partial charge in [-0.3, -0.25) is 14.6 Å². The van der Waals surface area contributed by atoms with E-state index in [1.54, 1.807) is 0 Å². The Labute approximate surface area is 136 Å². The number of carboxylic acid groups (broad SMARTS) is 1. The zero-order valence-electron chi connectivity index (χ0n) is 12.4. The van der Waals surface area contributed by atoms with Crippen LogP contribution in [-0.2, 0) is 18.7 Å². The predicted molar refractivity (Wildman–Crippen MR) is 74.6 cm³/mol. The molecule has 2 heterocycles. The Morgan fingerprint density at radius 3 is 2.58 bits per heavy atom. The van der Waals surface area contributed by atoms with Crippen molar-refractivity contribution in [3.63, 3.8) is 0 Å². The van der Waals surface area contributed by atoms with Gasteiger partial charge in [0.15, 0.2) is 0 Å². The van der Waals surface area contributed by atoms with Crippen LogP contribution in [0.4, 0.5) is 4.79 Å². The van der Waals surface area contributed by atoms with Gasteiger partial charge in [-0.15, -0.1) is 0 Å². The Balaban J connectivity index is 1.97. The van der Waals surface area contributed by atoms with Crippen LogP contribution >= 0.6 is 7.82 Å². The van der Waals surface area contributed by atoms with E-state index in [2.05, 4.69) is 9.84 Å². The lowest BCUT2D eigenvalue weighted by atomic mass is 9.96. The summed E-state index contributed by atoms with van der Waals surface area (Å²) in [6.45, 7) is 0.0853. The lowest BCUT2D eigenvalue weighted by Crippen LogP contribution is -3.12. The van der Waals surface area contributed by atoms with Gasteiger partial charge < -0.3 is 30.2 Å². The number of aliphatic hydroxyl groups is 1. The lowest BCUT2D eigenvalue weighted by molar-refractivity contribution is -0.892. The lowest BCUT2D eigenvalue weighted by Gasteiger charge is -2.29. The summed E-state index contributed by atoms with van der Waals surface area (Å²) in [6.07, 6.45) is -0.906. The van der Waals surface area contributed by atoms with Crippen LogP contribution in [0, 0.1) is 11.8 Å². The molecule has 2 fully saturated rings. The average molecular weight is 368 g/mol. The minimum atomic E-state index is -4.65. The Bertz CT molecular complexity index is 579. The third kappa shape index (κ3) is 4.72. The zero-order chi connectivity index (χ0) is 18.1. The molecule has 5 atom stereocenters. The molecule has 2 rings (SSSR count). The van der Waals surface area contributed by atoms with E-state index < -0.39 is 49.7 Å². The number of phosphoric ester groups is 1. The number of carbonyl (C=O) groups excluding carboxylic acids is 2. The van der Waals surface area contributed by atoms with Gasteiger partial charge in [-0.05, 0) is 0 Å². The number of hydrogen-bond donors (Lipinski definition) is 7. The molecular formula is C11H19N3O9P+. The Hall–Kier alpha value is -1.56. The van der Waals surface area contributed by atoms with Crippen LogP contribution in [-0.4, -0.2) is 76.3 Å². The van der Waals surface area contributed by atoms with Gasteiger partial charge in [-0.1, -0.05) is 0 Å². The van der Waals surface area contributed by atoms with E-state index in [9.17, 15) is 24.1 Å². The molecule has 0 radical (unpaired) electrons. The number of aliphatic carboxylic acids is 1.